The van der Waals surface area contributed by atoms with Crippen LogP contribution in [-0.4, -0.2) is 54.2 Å². The molecule has 1 saturated carbocycles. The van der Waals surface area contributed by atoms with E-state index in [1.54, 1.807) is 6.92 Å². The molecule has 1 fully saturated rings. The highest BCUT2D eigenvalue weighted by Gasteiger charge is 2.25. The number of aliphatic carboxylic acids is 1. The van der Waals surface area contributed by atoms with Gasteiger partial charge in [-0.1, -0.05) is 0 Å². The van der Waals surface area contributed by atoms with Crippen molar-refractivity contribution in [1.29, 1.82) is 0 Å². The molecule has 0 aromatic carbocycles. The normalized spacial score (nSPS) is 16.6. The first-order valence-corrected chi connectivity index (χ1v) is 5.95. The van der Waals surface area contributed by atoms with Crippen molar-refractivity contribution in [3.05, 3.63) is 0 Å². The maximum atomic E-state index is 11.4. The topological polar surface area (TPSA) is 81.7 Å². The van der Waals surface area contributed by atoms with Gasteiger partial charge in [0.25, 0.3) is 0 Å². The fourth-order valence-electron chi connectivity index (χ4n) is 1.63. The van der Waals surface area contributed by atoms with Crippen LogP contribution in [-0.2, 0) is 4.79 Å². The average molecular weight is 243 g/mol. The summed E-state index contributed by atoms with van der Waals surface area (Å²) in [6.45, 7) is 3.08. The molecule has 3 N–H and O–H groups in total. The molecule has 1 atom stereocenters. The lowest BCUT2D eigenvalue weighted by Gasteiger charge is -2.17. The quantitative estimate of drug-likeness (QED) is 0.598. The van der Waals surface area contributed by atoms with Crippen LogP contribution in [0.3, 0.4) is 0 Å². The van der Waals surface area contributed by atoms with Crippen LogP contribution in [0.5, 0.6) is 0 Å². The predicted molar refractivity (Wildman–Crippen MR) is 63.9 cm³/mol. The Morgan fingerprint density at radius 1 is 1.47 bits per heavy atom. The second kappa shape index (κ2) is 6.44. The van der Waals surface area contributed by atoms with E-state index in [0.29, 0.717) is 12.6 Å². The number of hydrogen-bond donors (Lipinski definition) is 3. The number of nitrogens with zero attached hydrogens (tertiary/aromatic N) is 1. The smallest absolute Gasteiger partial charge is 0.315 e. The maximum absolute atomic E-state index is 11.4. The fourth-order valence-corrected chi connectivity index (χ4v) is 1.63. The number of carbonyl (C=O) groups is 2. The van der Waals surface area contributed by atoms with Crippen LogP contribution < -0.4 is 10.6 Å². The van der Waals surface area contributed by atoms with E-state index in [0.717, 1.165) is 6.54 Å². The first-order valence-electron chi connectivity index (χ1n) is 5.95. The van der Waals surface area contributed by atoms with E-state index in [4.69, 9.17) is 5.11 Å². The molecule has 17 heavy (non-hydrogen) atoms. The molecule has 0 spiro atoms. The SMILES string of the molecule is CC(CC(=O)O)NC(=O)NCCN(C)C1CC1. The van der Waals surface area contributed by atoms with Gasteiger partial charge < -0.3 is 20.6 Å². The molecule has 98 valence electrons. The van der Waals surface area contributed by atoms with Crippen molar-refractivity contribution in [3.63, 3.8) is 0 Å². The molecule has 1 rings (SSSR count). The van der Waals surface area contributed by atoms with Crippen LogP contribution in [0.15, 0.2) is 0 Å². The van der Waals surface area contributed by atoms with E-state index >= 15 is 0 Å². The lowest BCUT2D eigenvalue weighted by molar-refractivity contribution is -0.137. The average Bonchev–Trinajstić information content (AvgIpc) is 2.98. The van der Waals surface area contributed by atoms with E-state index in [9.17, 15) is 9.59 Å². The molecule has 6 heteroatoms. The van der Waals surface area contributed by atoms with E-state index in [-0.39, 0.29) is 18.5 Å². The lowest BCUT2D eigenvalue weighted by Crippen LogP contribution is -2.44. The van der Waals surface area contributed by atoms with Gasteiger partial charge in [0.1, 0.15) is 0 Å². The van der Waals surface area contributed by atoms with Crippen molar-refractivity contribution in [2.24, 2.45) is 0 Å². The van der Waals surface area contributed by atoms with Gasteiger partial charge in [0.15, 0.2) is 0 Å². The Kier molecular flexibility index (Phi) is 5.21. The minimum absolute atomic E-state index is 0.0601. The molecule has 6 nitrogen and oxygen atoms in total. The summed E-state index contributed by atoms with van der Waals surface area (Å²) < 4.78 is 0. The van der Waals surface area contributed by atoms with Crippen LogP contribution in [0.25, 0.3) is 0 Å². The molecule has 1 aliphatic rings. The largest absolute Gasteiger partial charge is 0.481 e. The standard InChI is InChI=1S/C11H21N3O3/c1-8(7-10(15)16)13-11(17)12-5-6-14(2)9-3-4-9/h8-9H,3-7H2,1-2H3,(H,15,16)(H2,12,13,17). The number of hydrogen-bond acceptors (Lipinski definition) is 3. The zero-order chi connectivity index (χ0) is 12.8. The van der Waals surface area contributed by atoms with Gasteiger partial charge in [-0.05, 0) is 26.8 Å². The number of rotatable bonds is 7. The molecule has 1 aliphatic carbocycles. The molecule has 0 bridgehead atoms. The Hall–Kier alpha value is -1.30. The van der Waals surface area contributed by atoms with Crippen molar-refractivity contribution in [2.75, 3.05) is 20.1 Å². The molecular formula is C11H21N3O3. The summed E-state index contributed by atoms with van der Waals surface area (Å²) in [7, 11) is 2.05. The van der Waals surface area contributed by atoms with Crippen LogP contribution in [0.1, 0.15) is 26.2 Å². The number of nitrogens with one attached hydrogen (secondary N) is 2. The fraction of sp³-hybridized carbons (Fsp3) is 0.818. The van der Waals surface area contributed by atoms with E-state index in [1.165, 1.54) is 12.8 Å². The number of urea groups is 1. The maximum Gasteiger partial charge on any atom is 0.315 e. The summed E-state index contributed by atoms with van der Waals surface area (Å²) in [4.78, 5) is 24.0. The molecule has 0 aromatic heterocycles. The van der Waals surface area contributed by atoms with Crippen LogP contribution in [0.4, 0.5) is 4.79 Å². The Labute approximate surface area is 101 Å². The van der Waals surface area contributed by atoms with E-state index in [2.05, 4.69) is 15.5 Å². The molecular weight excluding hydrogens is 222 g/mol. The molecule has 0 aromatic rings. The summed E-state index contributed by atoms with van der Waals surface area (Å²) in [6.07, 6.45) is 2.44. The van der Waals surface area contributed by atoms with Gasteiger partial charge >= 0.3 is 12.0 Å². The van der Waals surface area contributed by atoms with Gasteiger partial charge in [0.05, 0.1) is 6.42 Å². The summed E-state index contributed by atoms with van der Waals surface area (Å²) in [5.74, 6) is -0.911. The third-order valence-electron chi connectivity index (χ3n) is 2.78. The number of carboxylic acids is 1. The first kappa shape index (κ1) is 13.8. The second-order valence-corrected chi connectivity index (χ2v) is 4.61. The van der Waals surface area contributed by atoms with Gasteiger partial charge in [0.2, 0.25) is 0 Å². The first-order chi connectivity index (χ1) is 7.99. The minimum atomic E-state index is -0.911. The summed E-state index contributed by atoms with van der Waals surface area (Å²) in [5.41, 5.74) is 0. The highest BCUT2D eigenvalue weighted by atomic mass is 16.4. The van der Waals surface area contributed by atoms with Crippen molar-refractivity contribution in [1.82, 2.24) is 15.5 Å². The highest BCUT2D eigenvalue weighted by molar-refractivity contribution is 5.75. The molecule has 0 radical (unpaired) electrons. The van der Waals surface area contributed by atoms with Gasteiger partial charge in [-0.15, -0.1) is 0 Å². The zero-order valence-corrected chi connectivity index (χ0v) is 10.4. The third kappa shape index (κ3) is 6.11. The molecule has 0 heterocycles. The van der Waals surface area contributed by atoms with Crippen molar-refractivity contribution >= 4 is 12.0 Å². The Balaban J connectivity index is 2.05. The lowest BCUT2D eigenvalue weighted by atomic mass is 10.2. The summed E-state index contributed by atoms with van der Waals surface area (Å²) in [6, 6.07) is 0.0300. The Bertz CT molecular complexity index is 279. The van der Waals surface area contributed by atoms with Crippen molar-refractivity contribution < 1.29 is 14.7 Å². The monoisotopic (exact) mass is 243 g/mol. The number of amides is 2. The molecule has 1 unspecified atom stereocenters. The van der Waals surface area contributed by atoms with Gasteiger partial charge in [-0.2, -0.15) is 0 Å². The minimum Gasteiger partial charge on any atom is -0.481 e. The summed E-state index contributed by atoms with van der Waals surface area (Å²) >= 11 is 0. The predicted octanol–water partition coefficient (Wildman–Crippen LogP) is 0.243. The van der Waals surface area contributed by atoms with Crippen molar-refractivity contribution in [3.8, 4) is 0 Å². The number of carbonyl (C=O) groups excluding carboxylic acids is 1. The zero-order valence-electron chi connectivity index (χ0n) is 10.4. The van der Waals surface area contributed by atoms with Gasteiger partial charge in [0, 0.05) is 25.2 Å². The van der Waals surface area contributed by atoms with Gasteiger partial charge in [-0.25, -0.2) is 4.79 Å². The molecule has 0 aliphatic heterocycles. The Morgan fingerprint density at radius 3 is 2.65 bits per heavy atom. The summed E-state index contributed by atoms with van der Waals surface area (Å²) in [5, 5.41) is 13.8. The van der Waals surface area contributed by atoms with E-state index < -0.39 is 5.97 Å². The van der Waals surface area contributed by atoms with Crippen LogP contribution in [0.2, 0.25) is 0 Å². The third-order valence-corrected chi connectivity index (χ3v) is 2.78. The molecule has 0 saturated heterocycles. The van der Waals surface area contributed by atoms with E-state index in [1.807, 2.05) is 7.05 Å². The Morgan fingerprint density at radius 2 is 2.12 bits per heavy atom. The second-order valence-electron chi connectivity index (χ2n) is 4.61. The van der Waals surface area contributed by atoms with Crippen LogP contribution >= 0.6 is 0 Å². The highest BCUT2D eigenvalue weighted by Crippen LogP contribution is 2.24. The molecule has 2 amide bonds. The number of carboxylic acid groups (broad SMARTS) is 1. The van der Waals surface area contributed by atoms with Gasteiger partial charge in [-0.3, -0.25) is 4.79 Å². The van der Waals surface area contributed by atoms with Crippen molar-refractivity contribution in [2.45, 2.75) is 38.3 Å². The van der Waals surface area contributed by atoms with Crippen LogP contribution in [0, 0.1) is 0 Å². The number of likely N-dealkylation sites (N-methyl/N-ethyl adjacent to an activating group) is 1.